The zero-order valence-electron chi connectivity index (χ0n) is 24.2. The summed E-state index contributed by atoms with van der Waals surface area (Å²) >= 11 is 16.2. The number of H-pyrrole nitrogens is 1. The Labute approximate surface area is 286 Å². The predicted molar refractivity (Wildman–Crippen MR) is 181 cm³/mol. The monoisotopic (exact) mass is 719 g/mol. The highest BCUT2D eigenvalue weighted by molar-refractivity contribution is 8.00. The van der Waals surface area contributed by atoms with Crippen LogP contribution < -0.4 is 21.3 Å². The molecule has 5 rings (SSSR count). The number of allylic oxidation sites excluding steroid dienone is 1. The van der Waals surface area contributed by atoms with Gasteiger partial charge in [-0.2, -0.15) is 0 Å². The summed E-state index contributed by atoms with van der Waals surface area (Å²) in [6.45, 7) is -0.0158. The third kappa shape index (κ3) is 8.23. The van der Waals surface area contributed by atoms with Gasteiger partial charge in [0.2, 0.25) is 11.9 Å². The van der Waals surface area contributed by atoms with Crippen molar-refractivity contribution in [1.82, 2.24) is 20.2 Å². The maximum absolute atomic E-state index is 13.5. The minimum absolute atomic E-state index is 0.0158. The number of nitrogens with two attached hydrogens (primary N) is 1. The average molecular weight is 721 g/mol. The zero-order chi connectivity index (χ0) is 32.8. The van der Waals surface area contributed by atoms with Gasteiger partial charge >= 0.3 is 5.97 Å². The lowest BCUT2D eigenvalue weighted by Crippen LogP contribution is -2.70. The first kappa shape index (κ1) is 33.8. The van der Waals surface area contributed by atoms with E-state index in [1.807, 2.05) is 0 Å². The normalized spacial score (nSPS) is 17.5. The van der Waals surface area contributed by atoms with Crippen molar-refractivity contribution in [3.05, 3.63) is 97.9 Å². The highest BCUT2D eigenvalue weighted by atomic mass is 35.5. The second kappa shape index (κ2) is 15.4. The van der Waals surface area contributed by atoms with Crippen LogP contribution in [0.5, 0.6) is 5.75 Å². The van der Waals surface area contributed by atoms with E-state index in [9.17, 15) is 19.2 Å². The number of hydrogen-bond donors (Lipinski definition) is 3. The molecule has 2 atom stereocenters. The molecule has 0 radical (unpaired) electrons. The number of carbonyl (C=O) groups excluding carboxylic acids is 3. The number of nitrogen functional groups attached to an aromatic ring is 1. The summed E-state index contributed by atoms with van der Waals surface area (Å²) in [4.78, 5) is 59.9. The van der Waals surface area contributed by atoms with Gasteiger partial charge in [0.15, 0.2) is 0 Å². The van der Waals surface area contributed by atoms with Crippen molar-refractivity contribution in [1.29, 1.82) is 0 Å². The number of β-lactam (4-membered cyclic amide) rings is 1. The fourth-order valence-corrected chi connectivity index (χ4v) is 7.84. The van der Waals surface area contributed by atoms with Crippen LogP contribution in [0.25, 0.3) is 0 Å². The molecule has 2 aliphatic rings. The Morgan fingerprint density at radius 3 is 2.70 bits per heavy atom. The molecule has 0 unspecified atom stereocenters. The molecule has 2 aromatic carbocycles. The van der Waals surface area contributed by atoms with Gasteiger partial charge in [-0.05, 0) is 41.5 Å². The second-order valence-corrected chi connectivity index (χ2v) is 13.8. The SMILES string of the molecule is COc1ccc(COC(=O)C2=C(/C=C/CSc3cc(=O)[nH]c(N)n3)CS[C@@H]3[C@H](NC(=O)CSc4cc(Cl)ccc4Cl)C(=O)N23)cc1. The lowest BCUT2D eigenvalue weighted by molar-refractivity contribution is -0.153. The standard InChI is InChI=1S/C30H27Cl2N5O6S3/c1-42-19-7-4-16(5-8-19)13-43-29(41)26-17(3-2-10-44-24-12-22(38)35-30(33)36-24)14-46-28-25(27(40)37(26)28)34-23(39)15-45-21-11-18(31)6-9-20(21)32/h2-9,11-12,25,28H,10,13-15H2,1H3,(H,34,39)(H3,33,35,36,38)/b3-2+/t25-,28-/m1/s1. The van der Waals surface area contributed by atoms with Crippen molar-refractivity contribution in [3.63, 3.8) is 0 Å². The number of esters is 1. The topological polar surface area (TPSA) is 157 Å². The quantitative estimate of drug-likeness (QED) is 0.105. The third-order valence-electron chi connectivity index (χ3n) is 6.67. The van der Waals surface area contributed by atoms with Crippen LogP contribution in [0.3, 0.4) is 0 Å². The summed E-state index contributed by atoms with van der Waals surface area (Å²) in [5.41, 5.74) is 6.71. The van der Waals surface area contributed by atoms with Crippen molar-refractivity contribution in [2.45, 2.75) is 27.9 Å². The lowest BCUT2D eigenvalue weighted by Gasteiger charge is -2.49. The first-order chi connectivity index (χ1) is 22.1. The van der Waals surface area contributed by atoms with Crippen LogP contribution in [-0.2, 0) is 25.7 Å². The zero-order valence-corrected chi connectivity index (χ0v) is 28.1. The van der Waals surface area contributed by atoms with Crippen molar-refractivity contribution < 1.29 is 23.9 Å². The van der Waals surface area contributed by atoms with Gasteiger partial charge in [-0.15, -0.1) is 35.3 Å². The first-order valence-electron chi connectivity index (χ1n) is 13.6. The number of hydrogen-bond acceptors (Lipinski definition) is 11. The number of amides is 2. The molecule has 11 nitrogen and oxygen atoms in total. The van der Waals surface area contributed by atoms with Crippen LogP contribution in [0, 0.1) is 0 Å². The van der Waals surface area contributed by atoms with Gasteiger partial charge in [-0.3, -0.25) is 24.3 Å². The highest BCUT2D eigenvalue weighted by Crippen LogP contribution is 2.41. The van der Waals surface area contributed by atoms with Gasteiger partial charge in [0.1, 0.15) is 34.5 Å². The summed E-state index contributed by atoms with van der Waals surface area (Å²) < 4.78 is 10.8. The van der Waals surface area contributed by atoms with Gasteiger partial charge in [0, 0.05) is 27.5 Å². The van der Waals surface area contributed by atoms with E-state index in [4.69, 9.17) is 38.4 Å². The van der Waals surface area contributed by atoms with E-state index in [-0.39, 0.29) is 35.5 Å². The third-order valence-corrected chi connectivity index (χ3v) is 10.6. The minimum Gasteiger partial charge on any atom is -0.497 e. The van der Waals surface area contributed by atoms with E-state index in [0.717, 1.165) is 5.56 Å². The maximum Gasteiger partial charge on any atom is 0.355 e. The number of halogens is 2. The average Bonchev–Trinajstić information content (AvgIpc) is 3.04. The number of aromatic nitrogens is 2. The smallest absolute Gasteiger partial charge is 0.355 e. The fraction of sp³-hybridized carbons (Fsp3) is 0.233. The van der Waals surface area contributed by atoms with Gasteiger partial charge < -0.3 is 20.5 Å². The van der Waals surface area contributed by atoms with Crippen LogP contribution in [0.4, 0.5) is 5.95 Å². The predicted octanol–water partition coefficient (Wildman–Crippen LogP) is 4.51. The van der Waals surface area contributed by atoms with E-state index in [0.29, 0.717) is 42.8 Å². The second-order valence-electron chi connectivity index (χ2n) is 9.80. The lowest BCUT2D eigenvalue weighted by atomic mass is 10.0. The molecule has 0 bridgehead atoms. The number of rotatable bonds is 12. The van der Waals surface area contributed by atoms with E-state index < -0.39 is 23.3 Å². The Hall–Kier alpha value is -3.56. The van der Waals surface area contributed by atoms with Crippen LogP contribution in [-0.4, -0.2) is 68.4 Å². The summed E-state index contributed by atoms with van der Waals surface area (Å²) in [5, 5.41) is 3.71. The maximum atomic E-state index is 13.5. The highest BCUT2D eigenvalue weighted by Gasteiger charge is 2.54. The molecule has 2 amide bonds. The molecule has 0 spiro atoms. The van der Waals surface area contributed by atoms with Crippen molar-refractivity contribution in [2.24, 2.45) is 0 Å². The Morgan fingerprint density at radius 2 is 1.96 bits per heavy atom. The van der Waals surface area contributed by atoms with Crippen molar-refractivity contribution in [2.75, 3.05) is 30.1 Å². The molecule has 3 heterocycles. The summed E-state index contributed by atoms with van der Waals surface area (Å²) in [6, 6.07) is 12.6. The molecule has 3 aromatic rings. The summed E-state index contributed by atoms with van der Waals surface area (Å²) in [7, 11) is 1.56. The number of carbonyl (C=O) groups is 3. The Bertz CT molecular complexity index is 1770. The largest absolute Gasteiger partial charge is 0.497 e. The van der Waals surface area contributed by atoms with Gasteiger partial charge in [0.25, 0.3) is 11.5 Å². The molecule has 240 valence electrons. The molecule has 0 aliphatic carbocycles. The van der Waals surface area contributed by atoms with E-state index >= 15 is 0 Å². The minimum atomic E-state index is -0.814. The van der Waals surface area contributed by atoms with Crippen molar-refractivity contribution >= 4 is 82.2 Å². The Balaban J connectivity index is 1.28. The number of methoxy groups -OCH3 is 1. The summed E-state index contributed by atoms with van der Waals surface area (Å²) in [5.74, 6) is 0.0695. The summed E-state index contributed by atoms with van der Waals surface area (Å²) in [6.07, 6.45) is 3.56. The van der Waals surface area contributed by atoms with Gasteiger partial charge in [-0.1, -0.05) is 47.5 Å². The van der Waals surface area contributed by atoms with Crippen molar-refractivity contribution in [3.8, 4) is 5.75 Å². The van der Waals surface area contributed by atoms with Crippen LogP contribution in [0.15, 0.2) is 86.7 Å². The van der Waals surface area contributed by atoms with E-state index in [1.54, 1.807) is 61.7 Å². The number of thioether (sulfide) groups is 3. The molecule has 2 aliphatic heterocycles. The number of nitrogens with one attached hydrogen (secondary N) is 2. The molecule has 0 saturated carbocycles. The molecule has 4 N–H and O–H groups in total. The molecular weight excluding hydrogens is 693 g/mol. The molecule has 1 fully saturated rings. The Morgan fingerprint density at radius 1 is 1.17 bits per heavy atom. The van der Waals surface area contributed by atoms with E-state index in [1.165, 1.54) is 46.3 Å². The number of benzene rings is 2. The number of fused-ring (bicyclic) bond motifs is 1. The van der Waals surface area contributed by atoms with Crippen LogP contribution in [0.2, 0.25) is 10.0 Å². The number of nitrogens with zero attached hydrogens (tertiary/aromatic N) is 2. The van der Waals surface area contributed by atoms with Gasteiger partial charge in [0.05, 0.1) is 17.9 Å². The van der Waals surface area contributed by atoms with E-state index in [2.05, 4.69) is 15.3 Å². The van der Waals surface area contributed by atoms with Crippen LogP contribution >= 0.6 is 58.5 Å². The number of anilines is 1. The molecule has 46 heavy (non-hydrogen) atoms. The molecule has 1 saturated heterocycles. The molecule has 16 heteroatoms. The molecular formula is C30H27Cl2N5O6S3. The fourth-order valence-electron chi connectivity index (χ4n) is 4.50. The number of ether oxygens (including phenoxy) is 2. The number of aromatic amines is 1. The molecule has 1 aromatic heterocycles. The van der Waals surface area contributed by atoms with Gasteiger partial charge in [-0.25, -0.2) is 9.78 Å². The van der Waals surface area contributed by atoms with Crippen LogP contribution in [0.1, 0.15) is 5.56 Å². The first-order valence-corrected chi connectivity index (χ1v) is 17.4. The Kier molecular flexibility index (Phi) is 11.3.